The molecule has 2 atom stereocenters. The second-order valence-electron chi connectivity index (χ2n) is 9.34. The molecule has 0 bridgehead atoms. The lowest BCUT2D eigenvalue weighted by Gasteiger charge is -2.29. The number of carbonyl (C=O) groups is 1. The number of carbonyl (C=O) groups excluding carboxylic acids is 1. The summed E-state index contributed by atoms with van der Waals surface area (Å²) in [6.45, 7) is 2.12. The minimum atomic E-state index is -0.439. The third-order valence-electron chi connectivity index (χ3n) is 7.17. The van der Waals surface area contributed by atoms with Crippen molar-refractivity contribution in [1.82, 2.24) is 5.01 Å². The number of nitro groups is 1. The number of anilines is 1. The Morgan fingerprint density at radius 2 is 1.92 bits per heavy atom. The molecule has 37 heavy (non-hydrogen) atoms. The van der Waals surface area contributed by atoms with E-state index in [2.05, 4.69) is 0 Å². The highest BCUT2D eigenvalue weighted by Gasteiger charge is 2.45. The van der Waals surface area contributed by atoms with Gasteiger partial charge in [0.05, 0.1) is 36.4 Å². The van der Waals surface area contributed by atoms with Gasteiger partial charge in [-0.2, -0.15) is 5.10 Å². The summed E-state index contributed by atoms with van der Waals surface area (Å²) in [6.07, 6.45) is 7.79. The maximum absolute atomic E-state index is 13.9. The second-order valence-corrected chi connectivity index (χ2v) is 9.34. The van der Waals surface area contributed by atoms with E-state index in [9.17, 15) is 14.9 Å². The largest absolute Gasteiger partial charge is 0.467 e. The van der Waals surface area contributed by atoms with Crippen LogP contribution in [-0.2, 0) is 4.74 Å². The van der Waals surface area contributed by atoms with Crippen molar-refractivity contribution in [2.75, 3.05) is 31.2 Å². The van der Waals surface area contributed by atoms with Gasteiger partial charge in [-0.15, -0.1) is 0 Å². The molecule has 6 rings (SSSR count). The molecule has 1 amide bonds. The quantitative estimate of drug-likeness (QED) is 0.354. The van der Waals surface area contributed by atoms with Crippen molar-refractivity contribution in [3.8, 4) is 0 Å². The van der Waals surface area contributed by atoms with Gasteiger partial charge in [-0.25, -0.2) is 5.01 Å². The minimum absolute atomic E-state index is 0.0485. The number of hydrazone groups is 1. The highest BCUT2D eigenvalue weighted by molar-refractivity contribution is 6.09. The van der Waals surface area contributed by atoms with Crippen LogP contribution in [0.5, 0.6) is 0 Å². The van der Waals surface area contributed by atoms with Gasteiger partial charge in [-0.3, -0.25) is 14.9 Å². The number of benzene rings is 1. The van der Waals surface area contributed by atoms with E-state index in [-0.39, 0.29) is 17.2 Å². The van der Waals surface area contributed by atoms with Crippen molar-refractivity contribution >= 4 is 29.1 Å². The van der Waals surface area contributed by atoms with Crippen LogP contribution >= 0.6 is 0 Å². The van der Waals surface area contributed by atoms with Crippen molar-refractivity contribution < 1.29 is 23.3 Å². The molecular formula is C27H26N4O6. The van der Waals surface area contributed by atoms with Gasteiger partial charge < -0.3 is 18.5 Å². The van der Waals surface area contributed by atoms with E-state index < -0.39 is 16.9 Å². The topological polar surface area (TPSA) is 115 Å². The highest BCUT2D eigenvalue weighted by Crippen LogP contribution is 2.45. The Kier molecular flexibility index (Phi) is 6.09. The number of allylic oxidation sites excluding steroid dienone is 1. The number of furan rings is 2. The number of morpholine rings is 1. The van der Waals surface area contributed by atoms with E-state index in [1.54, 1.807) is 30.7 Å². The molecule has 3 aliphatic rings. The van der Waals surface area contributed by atoms with E-state index in [1.807, 2.05) is 29.2 Å². The van der Waals surface area contributed by atoms with Crippen molar-refractivity contribution in [3.63, 3.8) is 0 Å². The lowest BCUT2D eigenvalue weighted by atomic mass is 9.79. The summed E-state index contributed by atoms with van der Waals surface area (Å²) in [4.78, 5) is 27.3. The van der Waals surface area contributed by atoms with E-state index in [4.69, 9.17) is 18.7 Å². The minimum Gasteiger partial charge on any atom is -0.467 e. The standard InChI is InChI=1S/C27H26N4O6/c32-27(19-8-9-22(23(17-19)31(33)34)29-10-14-35-15-11-29)30-26(24-7-3-13-37-24)21-6-1-4-18(25(21)28-30)16-20-5-2-12-36-20/h2-3,5,7-9,12-13,16-17,21,26H,1,4,6,10-11,14-15H2/b18-16+/t21-,26+/m0/s1. The summed E-state index contributed by atoms with van der Waals surface area (Å²) >= 11 is 0. The summed E-state index contributed by atoms with van der Waals surface area (Å²) in [5, 5.41) is 18.2. The molecule has 0 unspecified atom stereocenters. The fourth-order valence-electron chi connectivity index (χ4n) is 5.46. The molecule has 0 radical (unpaired) electrons. The zero-order valence-corrected chi connectivity index (χ0v) is 20.1. The Morgan fingerprint density at radius 3 is 2.65 bits per heavy atom. The molecular weight excluding hydrogens is 476 g/mol. The number of ether oxygens (including phenoxy) is 1. The predicted octanol–water partition coefficient (Wildman–Crippen LogP) is 5.05. The fraction of sp³-hybridized carbons (Fsp3) is 0.333. The van der Waals surface area contributed by atoms with Crippen molar-refractivity contribution in [2.45, 2.75) is 25.3 Å². The summed E-state index contributed by atoms with van der Waals surface area (Å²) in [5.74, 6) is 0.910. The first-order chi connectivity index (χ1) is 18.1. The number of amides is 1. The number of hydrogen-bond donors (Lipinski definition) is 0. The molecule has 1 saturated heterocycles. The SMILES string of the molecule is O=C(c1ccc(N2CCOCC2)c([N+](=O)[O-])c1)N1N=C2/C(=C/c3ccco3)CCC[C@@H]2[C@@H]1c1ccco1. The number of nitro benzene ring substituents is 1. The monoisotopic (exact) mass is 502 g/mol. The van der Waals surface area contributed by atoms with Gasteiger partial charge in [0.15, 0.2) is 0 Å². The average Bonchev–Trinajstić information content (AvgIpc) is 3.70. The van der Waals surface area contributed by atoms with Gasteiger partial charge in [0.2, 0.25) is 0 Å². The highest BCUT2D eigenvalue weighted by atomic mass is 16.6. The molecule has 3 aromatic rings. The van der Waals surface area contributed by atoms with Crippen molar-refractivity contribution in [1.29, 1.82) is 0 Å². The van der Waals surface area contributed by atoms with Crippen LogP contribution in [0.1, 0.15) is 47.2 Å². The van der Waals surface area contributed by atoms with Crippen LogP contribution in [0.4, 0.5) is 11.4 Å². The predicted molar refractivity (Wildman–Crippen MR) is 135 cm³/mol. The van der Waals surface area contributed by atoms with Crippen LogP contribution < -0.4 is 4.90 Å². The average molecular weight is 503 g/mol. The molecule has 10 heteroatoms. The van der Waals surface area contributed by atoms with Crippen LogP contribution in [0.3, 0.4) is 0 Å². The Balaban J connectivity index is 1.38. The van der Waals surface area contributed by atoms with Crippen LogP contribution in [0, 0.1) is 16.0 Å². The van der Waals surface area contributed by atoms with Gasteiger partial charge in [-0.1, -0.05) is 0 Å². The van der Waals surface area contributed by atoms with Gasteiger partial charge >= 0.3 is 0 Å². The Hall–Kier alpha value is -4.18. The normalized spacial score (nSPS) is 22.7. The third-order valence-corrected chi connectivity index (χ3v) is 7.17. The number of nitrogens with zero attached hydrogens (tertiary/aromatic N) is 4. The molecule has 2 aliphatic heterocycles. The number of rotatable bonds is 5. The van der Waals surface area contributed by atoms with Crippen LogP contribution in [0.2, 0.25) is 0 Å². The van der Waals surface area contributed by atoms with E-state index in [0.29, 0.717) is 37.8 Å². The zero-order chi connectivity index (χ0) is 25.4. The van der Waals surface area contributed by atoms with E-state index in [1.165, 1.54) is 11.1 Å². The van der Waals surface area contributed by atoms with Gasteiger partial charge in [-0.05, 0) is 67.3 Å². The zero-order valence-electron chi connectivity index (χ0n) is 20.1. The van der Waals surface area contributed by atoms with Crippen LogP contribution in [0.15, 0.2) is 74.5 Å². The Bertz CT molecular complexity index is 1360. The molecule has 1 aromatic carbocycles. The Morgan fingerprint density at radius 1 is 1.11 bits per heavy atom. The number of hydrogen-bond acceptors (Lipinski definition) is 8. The summed E-state index contributed by atoms with van der Waals surface area (Å²) in [7, 11) is 0. The number of fused-ring (bicyclic) bond motifs is 1. The van der Waals surface area contributed by atoms with Gasteiger partial charge in [0.25, 0.3) is 11.6 Å². The first-order valence-electron chi connectivity index (χ1n) is 12.4. The molecule has 1 aliphatic carbocycles. The molecule has 10 nitrogen and oxygen atoms in total. The maximum Gasteiger partial charge on any atom is 0.293 e. The second kappa shape index (κ2) is 9.70. The van der Waals surface area contributed by atoms with Crippen molar-refractivity contribution in [3.05, 3.63) is 87.8 Å². The molecule has 2 aromatic heterocycles. The van der Waals surface area contributed by atoms with Crippen LogP contribution in [0.25, 0.3) is 6.08 Å². The fourth-order valence-corrected chi connectivity index (χ4v) is 5.46. The van der Waals surface area contributed by atoms with Crippen molar-refractivity contribution in [2.24, 2.45) is 11.0 Å². The molecule has 0 spiro atoms. The van der Waals surface area contributed by atoms with Crippen LogP contribution in [-0.4, -0.2) is 47.9 Å². The summed E-state index contributed by atoms with van der Waals surface area (Å²) < 4.78 is 16.7. The van der Waals surface area contributed by atoms with E-state index >= 15 is 0 Å². The maximum atomic E-state index is 13.9. The van der Waals surface area contributed by atoms with E-state index in [0.717, 1.165) is 36.3 Å². The lowest BCUT2D eigenvalue weighted by molar-refractivity contribution is -0.384. The van der Waals surface area contributed by atoms with Gasteiger partial charge in [0, 0.05) is 30.6 Å². The molecule has 0 N–H and O–H groups in total. The third kappa shape index (κ3) is 4.33. The molecule has 190 valence electrons. The molecule has 4 heterocycles. The first-order valence-corrected chi connectivity index (χ1v) is 12.4. The summed E-state index contributed by atoms with van der Waals surface area (Å²) in [5.41, 5.74) is 2.44. The van der Waals surface area contributed by atoms with Gasteiger partial charge in [0.1, 0.15) is 23.2 Å². The molecule has 2 fully saturated rings. The smallest absolute Gasteiger partial charge is 0.293 e. The lowest BCUT2D eigenvalue weighted by Crippen LogP contribution is -2.36. The summed E-state index contributed by atoms with van der Waals surface area (Å²) in [6, 6.07) is 11.6. The Labute approximate surface area is 212 Å². The molecule has 1 saturated carbocycles. The first kappa shape index (κ1) is 23.2.